The van der Waals surface area contributed by atoms with Crippen molar-refractivity contribution in [3.8, 4) is 11.3 Å². The van der Waals surface area contributed by atoms with Crippen LogP contribution < -0.4 is 5.32 Å². The molecule has 1 aromatic carbocycles. The number of carbonyl (C=O) groups is 1. The molecular weight excluding hydrogens is 362 g/mol. The van der Waals surface area contributed by atoms with Crippen LogP contribution in [0.1, 0.15) is 11.3 Å². The van der Waals surface area contributed by atoms with Crippen molar-refractivity contribution in [3.63, 3.8) is 0 Å². The van der Waals surface area contributed by atoms with Crippen molar-refractivity contribution < 1.29 is 9.21 Å². The van der Waals surface area contributed by atoms with E-state index in [1.54, 1.807) is 16.8 Å². The first-order valence-electron chi connectivity index (χ1n) is 8.40. The summed E-state index contributed by atoms with van der Waals surface area (Å²) in [6.07, 6.45) is 1.58. The number of thioether (sulfide) groups is 1. The third-order valence-corrected chi connectivity index (χ3v) is 4.87. The number of fused-ring (bicyclic) bond motifs is 1. The van der Waals surface area contributed by atoms with Gasteiger partial charge in [-0.3, -0.25) is 4.79 Å². The zero-order chi connectivity index (χ0) is 18.6. The van der Waals surface area contributed by atoms with Crippen LogP contribution in [0.25, 0.3) is 16.9 Å². The van der Waals surface area contributed by atoms with Crippen molar-refractivity contribution in [2.75, 3.05) is 5.75 Å². The van der Waals surface area contributed by atoms with Gasteiger partial charge in [0.1, 0.15) is 5.76 Å². The first kappa shape index (κ1) is 17.3. The first-order valence-corrected chi connectivity index (χ1v) is 9.39. The van der Waals surface area contributed by atoms with Crippen LogP contribution in [-0.2, 0) is 11.3 Å². The number of aromatic nitrogens is 4. The van der Waals surface area contributed by atoms with Gasteiger partial charge in [-0.15, -0.1) is 10.2 Å². The highest BCUT2D eigenvalue weighted by Crippen LogP contribution is 2.21. The van der Waals surface area contributed by atoms with Crippen molar-refractivity contribution in [1.29, 1.82) is 0 Å². The highest BCUT2D eigenvalue weighted by atomic mass is 32.2. The number of hydrogen-bond donors (Lipinski definition) is 1. The van der Waals surface area contributed by atoms with Gasteiger partial charge in [0.15, 0.2) is 5.65 Å². The number of furan rings is 1. The lowest BCUT2D eigenvalue weighted by molar-refractivity contribution is -0.118. The van der Waals surface area contributed by atoms with E-state index in [2.05, 4.69) is 20.6 Å². The Morgan fingerprint density at radius 3 is 2.78 bits per heavy atom. The summed E-state index contributed by atoms with van der Waals surface area (Å²) in [5.74, 6) is 0.825. The summed E-state index contributed by atoms with van der Waals surface area (Å²) in [7, 11) is 0. The van der Waals surface area contributed by atoms with Crippen molar-refractivity contribution in [1.82, 2.24) is 25.1 Å². The smallest absolute Gasteiger partial charge is 0.230 e. The van der Waals surface area contributed by atoms with Crippen molar-refractivity contribution in [2.45, 2.75) is 18.6 Å². The molecule has 0 saturated heterocycles. The Balaban J connectivity index is 1.46. The van der Waals surface area contributed by atoms with Crippen LogP contribution in [-0.4, -0.2) is 31.5 Å². The number of nitrogens with one attached hydrogen (secondary N) is 1. The van der Waals surface area contributed by atoms with E-state index in [0.29, 0.717) is 23.1 Å². The van der Waals surface area contributed by atoms with Crippen LogP contribution in [0.3, 0.4) is 0 Å². The van der Waals surface area contributed by atoms with Crippen LogP contribution in [0.4, 0.5) is 0 Å². The molecule has 0 aliphatic heterocycles. The molecule has 0 bridgehead atoms. The molecule has 27 heavy (non-hydrogen) atoms. The molecule has 0 unspecified atom stereocenters. The Kier molecular flexibility index (Phi) is 4.88. The summed E-state index contributed by atoms with van der Waals surface area (Å²) in [6.45, 7) is 2.41. The van der Waals surface area contributed by atoms with Gasteiger partial charge < -0.3 is 9.73 Å². The lowest BCUT2D eigenvalue weighted by Gasteiger charge is -2.04. The van der Waals surface area contributed by atoms with Gasteiger partial charge in [-0.05, 0) is 31.2 Å². The molecule has 7 nitrogen and oxygen atoms in total. The second-order valence-electron chi connectivity index (χ2n) is 5.98. The number of aryl methyl sites for hydroxylation is 1. The first-order chi connectivity index (χ1) is 13.2. The van der Waals surface area contributed by atoms with Crippen LogP contribution in [0.15, 0.2) is 64.4 Å². The molecule has 3 heterocycles. The molecule has 1 N–H and O–H groups in total. The van der Waals surface area contributed by atoms with Crippen LogP contribution >= 0.6 is 11.8 Å². The normalized spacial score (nSPS) is 11.0. The molecule has 4 rings (SSSR count). The van der Waals surface area contributed by atoms with Crippen molar-refractivity contribution in [3.05, 3.63) is 66.1 Å². The molecule has 0 atom stereocenters. The quantitative estimate of drug-likeness (QED) is 0.518. The minimum Gasteiger partial charge on any atom is -0.467 e. The molecule has 0 aliphatic rings. The molecule has 136 valence electrons. The molecule has 0 radical (unpaired) electrons. The van der Waals surface area contributed by atoms with E-state index in [-0.39, 0.29) is 11.7 Å². The summed E-state index contributed by atoms with van der Waals surface area (Å²) in [5, 5.41) is 16.3. The van der Waals surface area contributed by atoms with E-state index in [1.165, 1.54) is 17.3 Å². The summed E-state index contributed by atoms with van der Waals surface area (Å²) in [5.41, 5.74) is 3.68. The summed E-state index contributed by atoms with van der Waals surface area (Å²) < 4.78 is 6.86. The maximum atomic E-state index is 12.0. The molecule has 0 spiro atoms. The zero-order valence-electron chi connectivity index (χ0n) is 14.6. The van der Waals surface area contributed by atoms with Crippen molar-refractivity contribution >= 4 is 23.3 Å². The predicted octanol–water partition coefficient (Wildman–Crippen LogP) is 3.10. The number of benzene rings is 1. The van der Waals surface area contributed by atoms with E-state index in [1.807, 2.05) is 49.4 Å². The zero-order valence-corrected chi connectivity index (χ0v) is 15.4. The monoisotopic (exact) mass is 379 g/mol. The van der Waals surface area contributed by atoms with Gasteiger partial charge in [0.2, 0.25) is 11.1 Å². The molecule has 3 aromatic heterocycles. The topological polar surface area (TPSA) is 85.3 Å². The highest BCUT2D eigenvalue weighted by Gasteiger charge is 2.12. The molecule has 4 aromatic rings. The maximum Gasteiger partial charge on any atom is 0.230 e. The second-order valence-corrected chi connectivity index (χ2v) is 6.92. The molecule has 0 fully saturated rings. The fourth-order valence-corrected chi connectivity index (χ4v) is 3.23. The average Bonchev–Trinajstić information content (AvgIpc) is 3.34. The summed E-state index contributed by atoms with van der Waals surface area (Å²) in [4.78, 5) is 12.0. The predicted molar refractivity (Wildman–Crippen MR) is 102 cm³/mol. The van der Waals surface area contributed by atoms with E-state index in [4.69, 9.17) is 4.42 Å². The van der Waals surface area contributed by atoms with E-state index in [0.717, 1.165) is 11.3 Å². The summed E-state index contributed by atoms with van der Waals surface area (Å²) >= 11 is 1.29. The number of amides is 1. The molecule has 1 amide bonds. The highest BCUT2D eigenvalue weighted by molar-refractivity contribution is 7.99. The lowest BCUT2D eigenvalue weighted by Crippen LogP contribution is -2.24. The van der Waals surface area contributed by atoms with Gasteiger partial charge >= 0.3 is 0 Å². The minimum atomic E-state index is -0.108. The lowest BCUT2D eigenvalue weighted by atomic mass is 10.1. The largest absolute Gasteiger partial charge is 0.467 e. The molecular formula is C19H17N5O2S. The van der Waals surface area contributed by atoms with Gasteiger partial charge in [0, 0.05) is 5.56 Å². The Morgan fingerprint density at radius 2 is 2.00 bits per heavy atom. The van der Waals surface area contributed by atoms with Gasteiger partial charge in [-0.1, -0.05) is 41.6 Å². The Hall–Kier alpha value is -3.13. The third kappa shape index (κ3) is 4.01. The molecule has 0 aliphatic carbocycles. The van der Waals surface area contributed by atoms with E-state index in [9.17, 15) is 4.79 Å². The Labute approximate surface area is 159 Å². The average molecular weight is 379 g/mol. The van der Waals surface area contributed by atoms with Crippen LogP contribution in [0.5, 0.6) is 0 Å². The fourth-order valence-electron chi connectivity index (χ4n) is 2.52. The number of nitrogens with zero attached hydrogens (tertiary/aromatic N) is 4. The second kappa shape index (κ2) is 7.63. The summed E-state index contributed by atoms with van der Waals surface area (Å²) in [6, 6.07) is 15.5. The Bertz CT molecular complexity index is 1060. The van der Waals surface area contributed by atoms with Gasteiger partial charge in [-0.2, -0.15) is 9.61 Å². The molecule has 0 saturated carbocycles. The molecule has 8 heteroatoms. The van der Waals surface area contributed by atoms with E-state index >= 15 is 0 Å². The van der Waals surface area contributed by atoms with Gasteiger partial charge in [0.25, 0.3) is 0 Å². The van der Waals surface area contributed by atoms with E-state index < -0.39 is 0 Å². The Morgan fingerprint density at radius 1 is 1.15 bits per heavy atom. The fraction of sp³-hybridized carbons (Fsp3) is 0.158. The minimum absolute atomic E-state index is 0.108. The SMILES string of the molecule is Cc1ccc(-c2ccc3nnc(SCC(=O)NCc4ccco4)n3n2)cc1. The van der Waals surface area contributed by atoms with Crippen molar-refractivity contribution in [2.24, 2.45) is 0 Å². The van der Waals surface area contributed by atoms with Crippen LogP contribution in [0, 0.1) is 6.92 Å². The van der Waals surface area contributed by atoms with Crippen LogP contribution in [0.2, 0.25) is 0 Å². The maximum absolute atomic E-state index is 12.0. The third-order valence-electron chi connectivity index (χ3n) is 3.95. The van der Waals surface area contributed by atoms with Gasteiger partial charge in [-0.25, -0.2) is 0 Å². The van der Waals surface area contributed by atoms with Gasteiger partial charge in [0.05, 0.1) is 24.3 Å². The standard InChI is InChI=1S/C19H17N5O2S/c1-13-4-6-14(7-5-13)16-8-9-17-21-22-19(24(17)23-16)27-12-18(25)20-11-15-3-2-10-26-15/h2-10H,11-12H2,1H3,(H,20,25). The number of rotatable bonds is 6. The number of carbonyl (C=O) groups excluding carboxylic acids is 1. The number of hydrogen-bond acceptors (Lipinski definition) is 6.